The summed E-state index contributed by atoms with van der Waals surface area (Å²) in [5.74, 6) is 8.03. The first-order chi connectivity index (χ1) is 9.13. The first-order valence-electron chi connectivity index (χ1n) is 6.93. The van der Waals surface area contributed by atoms with Crippen molar-refractivity contribution in [3.63, 3.8) is 0 Å². The zero-order valence-corrected chi connectivity index (χ0v) is 12.1. The summed E-state index contributed by atoms with van der Waals surface area (Å²) in [5, 5.41) is 0. The summed E-state index contributed by atoms with van der Waals surface area (Å²) in [6.07, 6.45) is 1.92. The minimum absolute atomic E-state index is 0.535. The number of nitrogen functional groups attached to an aromatic ring is 1. The zero-order chi connectivity index (χ0) is 13.8. The van der Waals surface area contributed by atoms with Crippen molar-refractivity contribution in [2.45, 2.75) is 32.7 Å². The highest BCUT2D eigenvalue weighted by molar-refractivity contribution is 5.49. The van der Waals surface area contributed by atoms with Gasteiger partial charge in [-0.1, -0.05) is 6.92 Å². The summed E-state index contributed by atoms with van der Waals surface area (Å²) in [5.41, 5.74) is 2.64. The summed E-state index contributed by atoms with van der Waals surface area (Å²) in [7, 11) is 2.16. The van der Waals surface area contributed by atoms with Gasteiger partial charge in [0.15, 0.2) is 0 Å². The van der Waals surface area contributed by atoms with Crippen molar-refractivity contribution in [3.05, 3.63) is 11.9 Å². The van der Waals surface area contributed by atoms with E-state index in [1.807, 2.05) is 6.07 Å². The minimum Gasteiger partial charge on any atom is -0.354 e. The van der Waals surface area contributed by atoms with Crippen molar-refractivity contribution in [2.75, 3.05) is 37.0 Å². The maximum absolute atomic E-state index is 5.50. The molecule has 6 heteroatoms. The van der Waals surface area contributed by atoms with E-state index >= 15 is 0 Å². The fraction of sp³-hybridized carbons (Fsp3) is 0.692. The molecule has 3 N–H and O–H groups in total. The van der Waals surface area contributed by atoms with E-state index in [9.17, 15) is 0 Å². The van der Waals surface area contributed by atoms with Crippen LogP contribution in [0.1, 0.15) is 26.1 Å². The van der Waals surface area contributed by atoms with Crippen LogP contribution >= 0.6 is 0 Å². The molecule has 19 heavy (non-hydrogen) atoms. The lowest BCUT2D eigenvalue weighted by Gasteiger charge is -2.38. The number of nitrogens with one attached hydrogen (secondary N) is 1. The maximum Gasteiger partial charge on any atom is 0.145 e. The van der Waals surface area contributed by atoms with Crippen LogP contribution < -0.4 is 16.2 Å². The van der Waals surface area contributed by atoms with E-state index in [0.29, 0.717) is 11.9 Å². The molecule has 1 atom stereocenters. The number of aromatic nitrogens is 2. The van der Waals surface area contributed by atoms with Crippen LogP contribution in [0.2, 0.25) is 0 Å². The van der Waals surface area contributed by atoms with E-state index in [-0.39, 0.29) is 0 Å². The van der Waals surface area contributed by atoms with Gasteiger partial charge in [0.2, 0.25) is 0 Å². The molecule has 1 fully saturated rings. The standard InChI is InChI=1S/C13H24N6/c1-4-5-11-15-12(17-14)8-13(16-11)19-7-6-18(3)10(2)9-19/h8,10H,4-7,9,14H2,1-3H3,(H,15,16,17). The van der Waals surface area contributed by atoms with Crippen LogP contribution in [0, 0.1) is 0 Å². The summed E-state index contributed by atoms with van der Waals surface area (Å²) in [6, 6.07) is 2.46. The molecule has 0 aliphatic carbocycles. The highest BCUT2D eigenvalue weighted by Gasteiger charge is 2.22. The average molecular weight is 264 g/mol. The summed E-state index contributed by atoms with van der Waals surface area (Å²) < 4.78 is 0. The Labute approximate surface area is 115 Å². The monoisotopic (exact) mass is 264 g/mol. The van der Waals surface area contributed by atoms with Gasteiger partial charge in [-0.2, -0.15) is 0 Å². The highest BCUT2D eigenvalue weighted by Crippen LogP contribution is 2.19. The Bertz CT molecular complexity index is 422. The van der Waals surface area contributed by atoms with Gasteiger partial charge in [0, 0.05) is 38.2 Å². The molecule has 106 valence electrons. The molecule has 6 nitrogen and oxygen atoms in total. The van der Waals surface area contributed by atoms with Crippen molar-refractivity contribution in [1.29, 1.82) is 0 Å². The number of rotatable bonds is 4. The third-order valence-corrected chi connectivity index (χ3v) is 3.66. The number of anilines is 2. The van der Waals surface area contributed by atoms with E-state index in [4.69, 9.17) is 5.84 Å². The van der Waals surface area contributed by atoms with Gasteiger partial charge >= 0.3 is 0 Å². The second-order valence-corrected chi connectivity index (χ2v) is 5.20. The molecule has 0 bridgehead atoms. The Hall–Kier alpha value is -1.40. The lowest BCUT2D eigenvalue weighted by atomic mass is 10.2. The smallest absolute Gasteiger partial charge is 0.145 e. The molecule has 1 aromatic rings. The molecule has 0 spiro atoms. The topological polar surface area (TPSA) is 70.3 Å². The van der Waals surface area contributed by atoms with Crippen LogP contribution in [0.15, 0.2) is 6.07 Å². The number of piperazine rings is 1. The second-order valence-electron chi connectivity index (χ2n) is 5.20. The maximum atomic E-state index is 5.50. The fourth-order valence-electron chi connectivity index (χ4n) is 2.31. The molecule has 0 radical (unpaired) electrons. The van der Waals surface area contributed by atoms with Crippen molar-refractivity contribution < 1.29 is 0 Å². The first kappa shape index (κ1) is 14.0. The quantitative estimate of drug-likeness (QED) is 0.621. The van der Waals surface area contributed by atoms with Crippen LogP contribution in [-0.4, -0.2) is 47.6 Å². The minimum atomic E-state index is 0.535. The van der Waals surface area contributed by atoms with Gasteiger partial charge in [0.25, 0.3) is 0 Å². The molecule has 1 aliphatic heterocycles. The number of nitrogens with zero attached hydrogens (tertiary/aromatic N) is 4. The van der Waals surface area contributed by atoms with Gasteiger partial charge in [0.1, 0.15) is 17.5 Å². The zero-order valence-electron chi connectivity index (χ0n) is 12.1. The SMILES string of the molecule is CCCc1nc(NN)cc(N2CCN(C)C(C)C2)n1. The Kier molecular flexibility index (Phi) is 4.55. The Morgan fingerprint density at radius 1 is 1.42 bits per heavy atom. The van der Waals surface area contributed by atoms with Crippen molar-refractivity contribution in [2.24, 2.45) is 5.84 Å². The summed E-state index contributed by atoms with van der Waals surface area (Å²) in [6.45, 7) is 7.40. The Morgan fingerprint density at radius 3 is 2.84 bits per heavy atom. The van der Waals surface area contributed by atoms with E-state index in [2.05, 4.69) is 46.1 Å². The van der Waals surface area contributed by atoms with Crippen molar-refractivity contribution in [3.8, 4) is 0 Å². The Morgan fingerprint density at radius 2 is 2.21 bits per heavy atom. The molecule has 1 aromatic heterocycles. The lowest BCUT2D eigenvalue weighted by Crippen LogP contribution is -2.50. The van der Waals surface area contributed by atoms with E-state index in [1.165, 1.54) is 0 Å². The van der Waals surface area contributed by atoms with Gasteiger partial charge in [0.05, 0.1) is 0 Å². The van der Waals surface area contributed by atoms with Gasteiger partial charge in [-0.15, -0.1) is 0 Å². The van der Waals surface area contributed by atoms with Crippen LogP contribution in [0.25, 0.3) is 0 Å². The van der Waals surface area contributed by atoms with Crippen LogP contribution in [0.4, 0.5) is 11.6 Å². The van der Waals surface area contributed by atoms with Gasteiger partial charge in [-0.25, -0.2) is 15.8 Å². The molecule has 1 unspecified atom stereocenters. The van der Waals surface area contributed by atoms with Gasteiger partial charge in [-0.05, 0) is 20.4 Å². The fourth-order valence-corrected chi connectivity index (χ4v) is 2.31. The van der Waals surface area contributed by atoms with Crippen molar-refractivity contribution >= 4 is 11.6 Å². The predicted molar refractivity (Wildman–Crippen MR) is 78.1 cm³/mol. The van der Waals surface area contributed by atoms with E-state index in [0.717, 1.165) is 44.1 Å². The summed E-state index contributed by atoms with van der Waals surface area (Å²) in [4.78, 5) is 13.7. The van der Waals surface area contributed by atoms with Gasteiger partial charge in [-0.3, -0.25) is 0 Å². The summed E-state index contributed by atoms with van der Waals surface area (Å²) >= 11 is 0. The molecular formula is C13H24N6. The van der Waals surface area contributed by atoms with Crippen LogP contribution in [0.5, 0.6) is 0 Å². The largest absolute Gasteiger partial charge is 0.354 e. The normalized spacial score (nSPS) is 20.6. The molecule has 2 heterocycles. The third kappa shape index (κ3) is 3.33. The van der Waals surface area contributed by atoms with E-state index in [1.54, 1.807) is 0 Å². The van der Waals surface area contributed by atoms with E-state index < -0.39 is 0 Å². The van der Waals surface area contributed by atoms with Crippen LogP contribution in [0.3, 0.4) is 0 Å². The molecule has 0 amide bonds. The molecule has 2 rings (SSSR count). The number of likely N-dealkylation sites (N-methyl/N-ethyl adjacent to an activating group) is 1. The molecule has 1 aliphatic rings. The second kappa shape index (κ2) is 6.16. The molecule has 1 saturated heterocycles. The molecular weight excluding hydrogens is 240 g/mol. The predicted octanol–water partition coefficient (Wildman–Crippen LogP) is 0.855. The average Bonchev–Trinajstić information content (AvgIpc) is 2.42. The third-order valence-electron chi connectivity index (χ3n) is 3.66. The Balaban J connectivity index is 2.20. The number of aryl methyl sites for hydroxylation is 1. The van der Waals surface area contributed by atoms with Gasteiger partial charge < -0.3 is 15.2 Å². The number of nitrogens with two attached hydrogens (primary N) is 1. The molecule has 0 saturated carbocycles. The lowest BCUT2D eigenvalue weighted by molar-refractivity contribution is 0.233. The molecule has 0 aromatic carbocycles. The number of hydrogen-bond donors (Lipinski definition) is 2. The number of hydrogen-bond acceptors (Lipinski definition) is 6. The van der Waals surface area contributed by atoms with Crippen LogP contribution in [-0.2, 0) is 6.42 Å². The first-order valence-corrected chi connectivity index (χ1v) is 6.93. The van der Waals surface area contributed by atoms with Crippen molar-refractivity contribution in [1.82, 2.24) is 14.9 Å². The highest BCUT2D eigenvalue weighted by atomic mass is 15.3. The number of hydrazine groups is 1.